The highest BCUT2D eigenvalue weighted by molar-refractivity contribution is 6.09. The Balaban J connectivity index is 1.01. The maximum absolute atomic E-state index is 7.12. The van der Waals surface area contributed by atoms with E-state index in [0.29, 0.717) is 5.82 Å². The summed E-state index contributed by atoms with van der Waals surface area (Å²) < 4.78 is 11.9. The molecule has 2 unspecified atom stereocenters. The van der Waals surface area contributed by atoms with Crippen molar-refractivity contribution < 1.29 is 4.74 Å². The highest BCUT2D eigenvalue weighted by atomic mass is 16.5. The minimum atomic E-state index is -0.448. The van der Waals surface area contributed by atoms with Crippen LogP contribution in [0.1, 0.15) is 35.4 Å². The fourth-order valence-electron chi connectivity index (χ4n) is 10.4. The van der Waals surface area contributed by atoms with Crippen LogP contribution in [0.4, 0.5) is 0 Å². The molecule has 1 aliphatic carbocycles. The van der Waals surface area contributed by atoms with Crippen LogP contribution in [-0.4, -0.2) is 19.1 Å². The zero-order valence-corrected chi connectivity index (χ0v) is 35.1. The summed E-state index contributed by atoms with van der Waals surface area (Å²) in [6.07, 6.45) is 2.20. The second kappa shape index (κ2) is 14.1. The molecule has 5 heteroatoms. The van der Waals surface area contributed by atoms with E-state index < -0.39 is 5.41 Å². The highest BCUT2D eigenvalue weighted by Crippen LogP contribution is 2.58. The Hall–Kier alpha value is -8.28. The standard InChI is InChI=1S/C59H40N4O/c1-59-37-47(38-31-33-42(34-32-38)62-51-27-12-8-23-44(51)45-24-9-13-28-52(45)62)55-46-25-10-14-29-53(46)63(56(55)57(59)64-54-30-15-11-26-48(54)59)43-22-16-21-41(35-43)50-36-49(39-17-4-2-5-18-39)60-58(61-50)40-19-6-3-7-20-40/h2-37,57H,1H3. The average Bonchev–Trinajstić information content (AvgIpc) is 4.00. The van der Waals surface area contributed by atoms with E-state index >= 15 is 0 Å². The molecule has 64 heavy (non-hydrogen) atoms. The summed E-state index contributed by atoms with van der Waals surface area (Å²) in [5.41, 5.74) is 15.9. The average molecular weight is 821 g/mol. The third-order valence-corrected chi connectivity index (χ3v) is 13.4. The van der Waals surface area contributed by atoms with Crippen LogP contribution >= 0.6 is 0 Å². The molecule has 0 amide bonds. The molecule has 2 atom stereocenters. The summed E-state index contributed by atoms with van der Waals surface area (Å²) in [5.74, 6) is 1.62. The molecule has 302 valence electrons. The summed E-state index contributed by atoms with van der Waals surface area (Å²) in [4.78, 5) is 10.3. The first-order valence-electron chi connectivity index (χ1n) is 21.9. The van der Waals surface area contributed by atoms with Crippen molar-refractivity contribution in [1.82, 2.24) is 19.1 Å². The van der Waals surface area contributed by atoms with Crippen LogP contribution in [-0.2, 0) is 5.41 Å². The number of hydrogen-bond donors (Lipinski definition) is 0. The maximum Gasteiger partial charge on any atom is 0.160 e. The second-order valence-electron chi connectivity index (χ2n) is 17.1. The van der Waals surface area contributed by atoms with Gasteiger partial charge < -0.3 is 13.9 Å². The molecule has 3 aromatic heterocycles. The Labute approximate surface area is 370 Å². The minimum absolute atomic E-state index is 0.273. The topological polar surface area (TPSA) is 44.9 Å². The molecule has 4 heterocycles. The van der Waals surface area contributed by atoms with Crippen molar-refractivity contribution in [3.8, 4) is 51.0 Å². The smallest absolute Gasteiger partial charge is 0.160 e. The minimum Gasteiger partial charge on any atom is -0.483 e. The predicted molar refractivity (Wildman–Crippen MR) is 260 cm³/mol. The zero-order chi connectivity index (χ0) is 42.4. The van der Waals surface area contributed by atoms with Crippen molar-refractivity contribution in [2.75, 3.05) is 0 Å². The second-order valence-corrected chi connectivity index (χ2v) is 17.1. The molecule has 0 saturated heterocycles. The lowest BCUT2D eigenvalue weighted by Crippen LogP contribution is -2.31. The van der Waals surface area contributed by atoms with Gasteiger partial charge in [-0.25, -0.2) is 9.97 Å². The Kier molecular flexibility index (Phi) is 8.03. The van der Waals surface area contributed by atoms with E-state index in [1.54, 1.807) is 0 Å². The number of fused-ring (bicyclic) bond motifs is 10. The maximum atomic E-state index is 7.12. The Morgan fingerprint density at radius 1 is 0.453 bits per heavy atom. The first-order chi connectivity index (χ1) is 31.6. The van der Waals surface area contributed by atoms with Crippen molar-refractivity contribution >= 4 is 38.3 Å². The lowest BCUT2D eigenvalue weighted by Gasteiger charge is -2.35. The quantitative estimate of drug-likeness (QED) is 0.168. The third-order valence-electron chi connectivity index (χ3n) is 13.4. The lowest BCUT2D eigenvalue weighted by atomic mass is 9.70. The van der Waals surface area contributed by atoms with Gasteiger partial charge in [-0.05, 0) is 72.7 Å². The summed E-state index contributed by atoms with van der Waals surface area (Å²) in [6.45, 7) is 2.34. The largest absolute Gasteiger partial charge is 0.483 e. The van der Waals surface area contributed by atoms with Crippen LogP contribution in [0.25, 0.3) is 83.6 Å². The fraction of sp³-hybridized carbons (Fsp3) is 0.0508. The van der Waals surface area contributed by atoms with E-state index in [1.165, 1.54) is 43.9 Å². The van der Waals surface area contributed by atoms with E-state index in [0.717, 1.165) is 62.0 Å². The number of rotatable bonds is 6. The van der Waals surface area contributed by atoms with Gasteiger partial charge in [-0.2, -0.15) is 0 Å². The fourth-order valence-corrected chi connectivity index (χ4v) is 10.4. The van der Waals surface area contributed by atoms with Crippen molar-refractivity contribution in [3.05, 3.63) is 241 Å². The first-order valence-corrected chi connectivity index (χ1v) is 21.9. The normalized spacial score (nSPS) is 16.3. The molecule has 13 rings (SSSR count). The van der Waals surface area contributed by atoms with E-state index in [4.69, 9.17) is 14.7 Å². The summed E-state index contributed by atoms with van der Waals surface area (Å²) in [6, 6.07) is 75.4. The molecule has 0 spiro atoms. The van der Waals surface area contributed by atoms with Crippen molar-refractivity contribution in [2.45, 2.75) is 18.4 Å². The molecule has 0 saturated carbocycles. The van der Waals surface area contributed by atoms with Gasteiger partial charge in [-0.1, -0.05) is 164 Å². The van der Waals surface area contributed by atoms with E-state index in [-0.39, 0.29) is 6.10 Å². The van der Waals surface area contributed by atoms with Crippen LogP contribution in [0.3, 0.4) is 0 Å². The van der Waals surface area contributed by atoms with E-state index in [2.05, 4.69) is 210 Å². The molecular formula is C59H40N4O. The Morgan fingerprint density at radius 3 is 1.72 bits per heavy atom. The van der Waals surface area contributed by atoms with Gasteiger partial charge in [0.05, 0.1) is 39.0 Å². The molecule has 2 aliphatic rings. The number of para-hydroxylation sites is 4. The number of aromatic nitrogens is 4. The van der Waals surface area contributed by atoms with Crippen LogP contribution in [0.15, 0.2) is 218 Å². The van der Waals surface area contributed by atoms with Gasteiger partial charge >= 0.3 is 0 Å². The molecule has 1 aliphatic heterocycles. The number of benzene rings is 8. The molecule has 5 nitrogen and oxygen atoms in total. The van der Waals surface area contributed by atoms with Gasteiger partial charge in [-0.15, -0.1) is 0 Å². The SMILES string of the molecule is CC12C=C(c3ccc(-n4c5ccccc5c5ccccc54)cc3)c3c(n(-c4cccc(-c5cc(-c6ccccc6)nc(-c6ccccc6)n5)c4)c4ccccc34)C1Oc1ccccc12. The van der Waals surface area contributed by atoms with Crippen LogP contribution < -0.4 is 4.74 Å². The summed E-state index contributed by atoms with van der Waals surface area (Å²) in [5, 5.41) is 3.69. The monoisotopic (exact) mass is 820 g/mol. The third kappa shape index (κ3) is 5.50. The zero-order valence-electron chi connectivity index (χ0n) is 35.1. The van der Waals surface area contributed by atoms with E-state index in [9.17, 15) is 0 Å². The molecule has 0 bridgehead atoms. The van der Waals surface area contributed by atoms with Gasteiger partial charge in [-0.3, -0.25) is 0 Å². The summed E-state index contributed by atoms with van der Waals surface area (Å²) >= 11 is 0. The molecule has 8 aromatic carbocycles. The molecule has 0 radical (unpaired) electrons. The molecule has 11 aromatic rings. The van der Waals surface area contributed by atoms with Gasteiger partial charge in [0.15, 0.2) is 11.9 Å². The molecule has 0 N–H and O–H groups in total. The Bertz CT molecular complexity index is 3550. The van der Waals surface area contributed by atoms with Crippen molar-refractivity contribution in [1.29, 1.82) is 0 Å². The van der Waals surface area contributed by atoms with Crippen LogP contribution in [0, 0.1) is 0 Å². The van der Waals surface area contributed by atoms with Crippen LogP contribution in [0.2, 0.25) is 0 Å². The number of nitrogens with zero attached hydrogens (tertiary/aromatic N) is 4. The first kappa shape index (κ1) is 36.4. The van der Waals surface area contributed by atoms with Crippen molar-refractivity contribution in [3.63, 3.8) is 0 Å². The van der Waals surface area contributed by atoms with Crippen molar-refractivity contribution in [2.24, 2.45) is 0 Å². The van der Waals surface area contributed by atoms with E-state index in [1.807, 2.05) is 24.3 Å². The Morgan fingerprint density at radius 2 is 1.02 bits per heavy atom. The number of ether oxygens (including phenoxy) is 1. The molecular weight excluding hydrogens is 781 g/mol. The van der Waals surface area contributed by atoms with Gasteiger partial charge in [0.2, 0.25) is 0 Å². The van der Waals surface area contributed by atoms with Gasteiger partial charge in [0.25, 0.3) is 0 Å². The lowest BCUT2D eigenvalue weighted by molar-refractivity contribution is 0.175. The number of hydrogen-bond acceptors (Lipinski definition) is 3. The predicted octanol–water partition coefficient (Wildman–Crippen LogP) is 14.4. The highest BCUT2D eigenvalue weighted by Gasteiger charge is 2.51. The molecule has 0 fully saturated rings. The van der Waals surface area contributed by atoms with Gasteiger partial charge in [0, 0.05) is 55.4 Å². The summed E-state index contributed by atoms with van der Waals surface area (Å²) in [7, 11) is 0. The van der Waals surface area contributed by atoms with Crippen LogP contribution in [0.5, 0.6) is 5.75 Å². The van der Waals surface area contributed by atoms with Gasteiger partial charge in [0.1, 0.15) is 5.75 Å².